The standard InChI is InChI=1S/C24H25N3O3S2/c1-3-30-23(29)21-17-11-7-8-12-19(17)32-22(21)27-20(28)14-31-24-25-15(2)13-18(26-24)16-9-5-4-6-10-16/h4-6,9-10,13H,3,7-8,11-12,14H2,1-2H3,(H,27,28). The molecule has 4 rings (SSSR count). The van der Waals surface area contributed by atoms with Crippen molar-refractivity contribution >= 4 is 40.0 Å². The van der Waals surface area contributed by atoms with Crippen molar-refractivity contribution in [2.45, 2.75) is 44.7 Å². The van der Waals surface area contributed by atoms with Crippen LogP contribution in [0.5, 0.6) is 0 Å². The van der Waals surface area contributed by atoms with E-state index in [1.807, 2.05) is 43.3 Å². The number of amides is 1. The smallest absolute Gasteiger partial charge is 0.341 e. The average molecular weight is 468 g/mol. The lowest BCUT2D eigenvalue weighted by Crippen LogP contribution is -2.17. The van der Waals surface area contributed by atoms with Gasteiger partial charge >= 0.3 is 5.97 Å². The number of nitrogens with zero attached hydrogens (tertiary/aromatic N) is 2. The summed E-state index contributed by atoms with van der Waals surface area (Å²) in [4.78, 5) is 35.6. The molecular formula is C24H25N3O3S2. The summed E-state index contributed by atoms with van der Waals surface area (Å²) in [5.41, 5.74) is 4.25. The Kier molecular flexibility index (Phi) is 7.22. The van der Waals surface area contributed by atoms with Crippen LogP contribution in [0.3, 0.4) is 0 Å². The van der Waals surface area contributed by atoms with Crippen LogP contribution in [0.1, 0.15) is 46.3 Å². The number of hydrogen-bond donors (Lipinski definition) is 1. The first kappa shape index (κ1) is 22.5. The van der Waals surface area contributed by atoms with Crippen LogP contribution >= 0.6 is 23.1 Å². The number of carbonyl (C=O) groups is 2. The van der Waals surface area contributed by atoms with E-state index in [0.29, 0.717) is 22.3 Å². The highest BCUT2D eigenvalue weighted by molar-refractivity contribution is 7.99. The van der Waals surface area contributed by atoms with E-state index >= 15 is 0 Å². The number of rotatable bonds is 7. The quantitative estimate of drug-likeness (QED) is 0.288. The molecule has 0 fully saturated rings. The van der Waals surface area contributed by atoms with Crippen LogP contribution < -0.4 is 5.32 Å². The van der Waals surface area contributed by atoms with Gasteiger partial charge in [-0.2, -0.15) is 0 Å². The van der Waals surface area contributed by atoms with Crippen molar-refractivity contribution in [3.63, 3.8) is 0 Å². The Labute approximate surface area is 195 Å². The van der Waals surface area contributed by atoms with Gasteiger partial charge in [-0.1, -0.05) is 42.1 Å². The molecule has 3 aromatic rings. The first-order chi connectivity index (χ1) is 15.5. The lowest BCUT2D eigenvalue weighted by Gasteiger charge is -2.12. The molecule has 1 aliphatic rings. The topological polar surface area (TPSA) is 81.2 Å². The van der Waals surface area contributed by atoms with Crippen LogP contribution in [0.15, 0.2) is 41.6 Å². The number of hydrogen-bond acceptors (Lipinski definition) is 7. The number of benzene rings is 1. The second-order valence-electron chi connectivity index (χ2n) is 7.52. The Balaban J connectivity index is 1.48. The average Bonchev–Trinajstić information content (AvgIpc) is 3.16. The molecule has 0 saturated carbocycles. The van der Waals surface area contributed by atoms with Gasteiger partial charge in [0, 0.05) is 16.1 Å². The molecule has 1 amide bonds. The van der Waals surface area contributed by atoms with Gasteiger partial charge in [-0.25, -0.2) is 14.8 Å². The van der Waals surface area contributed by atoms with Crippen LogP contribution in [0.2, 0.25) is 0 Å². The first-order valence-corrected chi connectivity index (χ1v) is 12.5. The van der Waals surface area contributed by atoms with Gasteiger partial charge in [0.1, 0.15) is 5.00 Å². The van der Waals surface area contributed by atoms with Gasteiger partial charge in [-0.15, -0.1) is 11.3 Å². The molecule has 8 heteroatoms. The summed E-state index contributed by atoms with van der Waals surface area (Å²) in [7, 11) is 0. The number of aromatic nitrogens is 2. The summed E-state index contributed by atoms with van der Waals surface area (Å²) < 4.78 is 5.26. The van der Waals surface area contributed by atoms with Gasteiger partial charge in [0.25, 0.3) is 0 Å². The fraction of sp³-hybridized carbons (Fsp3) is 0.333. The van der Waals surface area contributed by atoms with Crippen LogP contribution in [0.4, 0.5) is 5.00 Å². The highest BCUT2D eigenvalue weighted by Crippen LogP contribution is 2.38. The van der Waals surface area contributed by atoms with Gasteiger partial charge in [-0.3, -0.25) is 4.79 Å². The molecule has 0 atom stereocenters. The maximum atomic E-state index is 12.7. The number of aryl methyl sites for hydroxylation is 2. The maximum Gasteiger partial charge on any atom is 0.341 e. The number of thioether (sulfide) groups is 1. The fourth-order valence-electron chi connectivity index (χ4n) is 3.73. The molecule has 6 nitrogen and oxygen atoms in total. The number of ether oxygens (including phenoxy) is 1. The SMILES string of the molecule is CCOC(=O)c1c(NC(=O)CSc2nc(C)cc(-c3ccccc3)n2)sc2c1CCCC2. The van der Waals surface area contributed by atoms with Crippen LogP contribution in [0, 0.1) is 6.92 Å². The number of fused-ring (bicyclic) bond motifs is 1. The molecule has 1 aliphatic carbocycles. The van der Waals surface area contributed by atoms with E-state index in [-0.39, 0.29) is 17.6 Å². The normalized spacial score (nSPS) is 12.8. The highest BCUT2D eigenvalue weighted by Gasteiger charge is 2.27. The van der Waals surface area contributed by atoms with Crippen LogP contribution in [0.25, 0.3) is 11.3 Å². The molecule has 1 aromatic carbocycles. The Morgan fingerprint density at radius 2 is 1.94 bits per heavy atom. The molecule has 32 heavy (non-hydrogen) atoms. The molecule has 2 aromatic heterocycles. The van der Waals surface area contributed by atoms with E-state index < -0.39 is 0 Å². The second-order valence-corrected chi connectivity index (χ2v) is 9.56. The van der Waals surface area contributed by atoms with E-state index in [2.05, 4.69) is 15.3 Å². The van der Waals surface area contributed by atoms with Crippen molar-refractivity contribution in [2.24, 2.45) is 0 Å². The van der Waals surface area contributed by atoms with Gasteiger partial charge in [0.15, 0.2) is 5.16 Å². The zero-order valence-corrected chi connectivity index (χ0v) is 19.8. The Morgan fingerprint density at radius 1 is 1.16 bits per heavy atom. The number of esters is 1. The summed E-state index contributed by atoms with van der Waals surface area (Å²) in [6.45, 7) is 4.01. The lowest BCUT2D eigenvalue weighted by atomic mass is 9.95. The third-order valence-corrected chi connectivity index (χ3v) is 7.19. The summed E-state index contributed by atoms with van der Waals surface area (Å²) >= 11 is 2.78. The molecule has 166 valence electrons. The summed E-state index contributed by atoms with van der Waals surface area (Å²) in [5, 5.41) is 4.09. The van der Waals surface area contributed by atoms with Gasteiger partial charge in [0.05, 0.1) is 23.6 Å². The minimum atomic E-state index is -0.357. The number of thiophene rings is 1. The number of carbonyl (C=O) groups excluding carboxylic acids is 2. The van der Waals surface area contributed by atoms with Gasteiger partial charge < -0.3 is 10.1 Å². The zero-order chi connectivity index (χ0) is 22.5. The van der Waals surface area contributed by atoms with Gasteiger partial charge in [0.2, 0.25) is 5.91 Å². The van der Waals surface area contributed by atoms with E-state index in [0.717, 1.165) is 48.2 Å². The molecule has 0 saturated heterocycles. The van der Waals surface area contributed by atoms with Crippen molar-refractivity contribution in [2.75, 3.05) is 17.7 Å². The Bertz CT molecular complexity index is 1130. The Morgan fingerprint density at radius 3 is 2.72 bits per heavy atom. The molecule has 0 radical (unpaired) electrons. The first-order valence-electron chi connectivity index (χ1n) is 10.7. The summed E-state index contributed by atoms with van der Waals surface area (Å²) in [6.07, 6.45) is 3.95. The summed E-state index contributed by atoms with van der Waals surface area (Å²) in [5.74, 6) is -0.391. The number of anilines is 1. The maximum absolute atomic E-state index is 12.7. The van der Waals surface area contributed by atoms with E-state index in [4.69, 9.17) is 4.74 Å². The molecule has 0 bridgehead atoms. The van der Waals surface area contributed by atoms with Crippen molar-refractivity contribution < 1.29 is 14.3 Å². The molecule has 0 aliphatic heterocycles. The molecule has 0 spiro atoms. The minimum absolute atomic E-state index is 0.155. The zero-order valence-electron chi connectivity index (χ0n) is 18.1. The van der Waals surface area contributed by atoms with Crippen LogP contribution in [-0.2, 0) is 22.4 Å². The predicted molar refractivity (Wildman–Crippen MR) is 128 cm³/mol. The molecular weight excluding hydrogens is 442 g/mol. The monoisotopic (exact) mass is 467 g/mol. The highest BCUT2D eigenvalue weighted by atomic mass is 32.2. The third-order valence-electron chi connectivity index (χ3n) is 5.14. The van der Waals surface area contributed by atoms with Crippen molar-refractivity contribution in [3.05, 3.63) is 58.1 Å². The van der Waals surface area contributed by atoms with Crippen LogP contribution in [-0.4, -0.2) is 34.2 Å². The van der Waals surface area contributed by atoms with E-state index in [1.54, 1.807) is 6.92 Å². The number of nitrogens with one attached hydrogen (secondary N) is 1. The molecule has 2 heterocycles. The lowest BCUT2D eigenvalue weighted by molar-refractivity contribution is -0.113. The van der Waals surface area contributed by atoms with E-state index in [9.17, 15) is 9.59 Å². The predicted octanol–water partition coefficient (Wildman–Crippen LogP) is 5.30. The Hall–Kier alpha value is -2.71. The summed E-state index contributed by atoms with van der Waals surface area (Å²) in [6, 6.07) is 11.8. The molecule has 0 unspecified atom stereocenters. The second kappa shape index (κ2) is 10.3. The molecule has 1 N–H and O–H groups in total. The largest absolute Gasteiger partial charge is 0.462 e. The van der Waals surface area contributed by atoms with Crippen molar-refractivity contribution in [1.82, 2.24) is 9.97 Å². The van der Waals surface area contributed by atoms with Gasteiger partial charge in [-0.05, 0) is 51.2 Å². The van der Waals surface area contributed by atoms with Crippen molar-refractivity contribution in [1.29, 1.82) is 0 Å². The van der Waals surface area contributed by atoms with E-state index in [1.165, 1.54) is 28.0 Å². The fourth-order valence-corrected chi connectivity index (χ4v) is 5.73. The minimum Gasteiger partial charge on any atom is -0.462 e. The third kappa shape index (κ3) is 5.19. The van der Waals surface area contributed by atoms with Crippen molar-refractivity contribution in [3.8, 4) is 11.3 Å².